The van der Waals surface area contributed by atoms with Gasteiger partial charge in [0.1, 0.15) is 0 Å². The van der Waals surface area contributed by atoms with Crippen molar-refractivity contribution in [3.05, 3.63) is 87.5 Å². The Balaban J connectivity index is 0.00000107. The van der Waals surface area contributed by atoms with Gasteiger partial charge < -0.3 is 5.53 Å². The van der Waals surface area contributed by atoms with E-state index in [0.29, 0.717) is 0 Å². The maximum atomic E-state index is 9.43. The summed E-state index contributed by atoms with van der Waals surface area (Å²) in [5, 5.41) is 2.87. The second-order valence-electron chi connectivity index (χ2n) is 29.2. The molecule has 0 amide bonds. The summed E-state index contributed by atoms with van der Waals surface area (Å²) >= 11 is 2.05. The Labute approximate surface area is 590 Å². The van der Waals surface area contributed by atoms with Gasteiger partial charge in [0.2, 0.25) is 0 Å². The van der Waals surface area contributed by atoms with Crippen LogP contribution in [-0.4, -0.2) is 10.7 Å². The van der Waals surface area contributed by atoms with Gasteiger partial charge in [-0.05, 0) is 78.3 Å². The van der Waals surface area contributed by atoms with Crippen LogP contribution in [0.25, 0.3) is 11.1 Å². The van der Waals surface area contributed by atoms with Crippen LogP contribution in [0.5, 0.6) is 0 Å². The van der Waals surface area contributed by atoms with Crippen molar-refractivity contribution in [2.75, 3.05) is 0 Å². The van der Waals surface area contributed by atoms with Crippen LogP contribution in [0.4, 0.5) is 0 Å². The zero-order valence-corrected chi connectivity index (χ0v) is 64.9. The summed E-state index contributed by atoms with van der Waals surface area (Å²) in [6.45, 7) is 13.5. The molecule has 0 atom stereocenters. The number of benzene rings is 2. The van der Waals surface area contributed by atoms with E-state index in [1.807, 2.05) is 0 Å². The first-order valence-corrected chi connectivity index (χ1v) is 43.8. The molecule has 0 saturated heterocycles. The molecule has 2 rings (SSSR count). The SMILES string of the molecule is CCCCCCCCCCCCCCCCCCCCCCCCCCCC[CH2][Ni][CH2]CCCCCCCCCCCCCCCCCCCCCCCCCCCC.CCCCCCc1ccc(C(=C(CCCC)C(=C=[N+]=[N-])CCCC)c2ccc(CC)cc2)cc1. The normalized spacial score (nSPS) is 11.7. The fraction of sp³-hybridized carbons (Fsp3) is 0.822. The Morgan fingerprint density at radius 1 is 0.280 bits per heavy atom. The molecule has 93 heavy (non-hydrogen) atoms. The van der Waals surface area contributed by atoms with Crippen LogP contribution in [-0.2, 0) is 27.3 Å². The Bertz CT molecular complexity index is 1860. The fourth-order valence-corrected chi connectivity index (χ4v) is 15.1. The van der Waals surface area contributed by atoms with E-state index >= 15 is 0 Å². The van der Waals surface area contributed by atoms with Crippen LogP contribution in [0.2, 0.25) is 10.8 Å². The van der Waals surface area contributed by atoms with Gasteiger partial charge in [-0.3, -0.25) is 0 Å². The molecular formula is C90H162N2Ni. The third-order valence-corrected chi connectivity index (χ3v) is 21.7. The van der Waals surface area contributed by atoms with Crippen molar-refractivity contribution in [3.8, 4) is 0 Å². The molecule has 0 heterocycles. The van der Waals surface area contributed by atoms with Crippen LogP contribution >= 0.6 is 0 Å². The summed E-state index contributed by atoms with van der Waals surface area (Å²) < 4.78 is 0. The van der Waals surface area contributed by atoms with Gasteiger partial charge in [0.15, 0.2) is 0 Å². The molecule has 0 saturated carbocycles. The number of allylic oxidation sites excluding steroid dienone is 2. The van der Waals surface area contributed by atoms with E-state index in [0.717, 1.165) is 56.9 Å². The minimum atomic E-state index is 0.881. The topological polar surface area (TPSA) is 36.4 Å². The first kappa shape index (κ1) is 88.8. The minimum absolute atomic E-state index is 0.881. The monoisotopic (exact) mass is 1330 g/mol. The first-order valence-electron chi connectivity index (χ1n) is 42.4. The first-order chi connectivity index (χ1) is 46.1. The molecule has 0 unspecified atom stereocenters. The number of hydrogen-bond acceptors (Lipinski definition) is 0. The van der Waals surface area contributed by atoms with Crippen LogP contribution < -0.4 is 0 Å². The molecule has 3 heteroatoms. The fourth-order valence-electron chi connectivity index (χ4n) is 13.9. The Morgan fingerprint density at radius 2 is 0.516 bits per heavy atom. The Hall–Kier alpha value is -2.17. The molecule has 0 aromatic heterocycles. The second kappa shape index (κ2) is 74.1. The van der Waals surface area contributed by atoms with E-state index in [1.54, 1.807) is 0 Å². The van der Waals surface area contributed by atoms with Crippen molar-refractivity contribution >= 4 is 11.4 Å². The van der Waals surface area contributed by atoms with Gasteiger partial charge in [-0.15, -0.1) is 4.79 Å². The molecule has 0 aliphatic carbocycles. The van der Waals surface area contributed by atoms with Crippen molar-refractivity contribution in [3.63, 3.8) is 0 Å². The molecule has 0 N–H and O–H groups in total. The van der Waals surface area contributed by atoms with Crippen molar-refractivity contribution in [2.24, 2.45) is 0 Å². The predicted molar refractivity (Wildman–Crippen MR) is 418 cm³/mol. The van der Waals surface area contributed by atoms with Crippen LogP contribution in [0.3, 0.4) is 0 Å². The second-order valence-corrected chi connectivity index (χ2v) is 30.6. The number of aryl methyl sites for hydroxylation is 2. The smallest absolute Gasteiger partial charge is 0.348 e. The van der Waals surface area contributed by atoms with E-state index in [-0.39, 0.29) is 0 Å². The van der Waals surface area contributed by atoms with E-state index in [9.17, 15) is 5.53 Å². The quantitative estimate of drug-likeness (QED) is 0.0158. The van der Waals surface area contributed by atoms with Gasteiger partial charge in [-0.25, -0.2) is 0 Å². The minimum Gasteiger partial charge on any atom is -0.348 e. The molecule has 0 fully saturated rings. The van der Waals surface area contributed by atoms with E-state index in [4.69, 9.17) is 0 Å². The van der Waals surface area contributed by atoms with Gasteiger partial charge >= 0.3 is 172 Å². The molecule has 542 valence electrons. The van der Waals surface area contributed by atoms with Gasteiger partial charge in [-0.1, -0.05) is 328 Å². The molecule has 0 radical (unpaired) electrons. The zero-order chi connectivity index (χ0) is 66.9. The summed E-state index contributed by atoms with van der Waals surface area (Å²) in [4.78, 5) is 3.36. The summed E-state index contributed by atoms with van der Waals surface area (Å²) in [5.74, 6) is 2.96. The predicted octanol–water partition coefficient (Wildman–Crippen LogP) is 32.4. The van der Waals surface area contributed by atoms with Gasteiger partial charge in [0, 0.05) is 0 Å². The van der Waals surface area contributed by atoms with Crippen LogP contribution in [0.1, 0.15) is 475 Å². The Morgan fingerprint density at radius 3 is 0.774 bits per heavy atom. The molecule has 2 aromatic rings. The molecule has 2 nitrogen and oxygen atoms in total. The van der Waals surface area contributed by atoms with Crippen molar-refractivity contribution in [1.29, 1.82) is 0 Å². The summed E-state index contributed by atoms with van der Waals surface area (Å²) in [7, 11) is 0. The molecule has 0 bridgehead atoms. The standard InChI is InChI=1S/C32H44N2.2C29H59.Ni/c1-5-9-12-13-14-27-19-23-29(24-20-27)32(28-21-17-26(8-4)18-22-28)31(16-11-7-3)30(25-34-33)15-10-6-2;2*1-3-5-7-9-11-13-15-17-19-21-23-25-27-29-28-26-24-22-20-18-16-14-12-10-8-6-4-2;/h17-24H,5-16H2,1-4H3;2*1,3-29H2,2H3;. The van der Waals surface area contributed by atoms with Crippen molar-refractivity contribution in [2.45, 2.75) is 476 Å². The number of rotatable bonds is 71. The molecule has 0 aliphatic rings. The Kier molecular flexibility index (Phi) is 70.8. The van der Waals surface area contributed by atoms with Gasteiger partial charge in [0.25, 0.3) is 0 Å². The van der Waals surface area contributed by atoms with E-state index in [2.05, 4.69) is 115 Å². The molecule has 0 spiro atoms. The number of hydrogen-bond donors (Lipinski definition) is 0. The van der Waals surface area contributed by atoms with Gasteiger partial charge in [0.05, 0.1) is 5.57 Å². The third kappa shape index (κ3) is 58.5. The van der Waals surface area contributed by atoms with E-state index in [1.165, 1.54) is 417 Å². The molecular weight excluding hydrogens is 1170 g/mol. The van der Waals surface area contributed by atoms with Gasteiger partial charge in [-0.2, -0.15) is 0 Å². The summed E-state index contributed by atoms with van der Waals surface area (Å²) in [5.41, 5.74) is 18.2. The molecule has 2 aromatic carbocycles. The number of nitrogens with zero attached hydrogens (tertiary/aromatic N) is 2. The average Bonchev–Trinajstić information content (AvgIpc) is 1.04. The van der Waals surface area contributed by atoms with Crippen molar-refractivity contribution < 1.29 is 19.2 Å². The van der Waals surface area contributed by atoms with Crippen molar-refractivity contribution in [1.82, 2.24) is 0 Å². The maximum absolute atomic E-state index is 9.43. The van der Waals surface area contributed by atoms with Crippen LogP contribution in [0, 0.1) is 0 Å². The van der Waals surface area contributed by atoms with E-state index < -0.39 is 0 Å². The third-order valence-electron chi connectivity index (χ3n) is 20.3. The molecule has 0 aliphatic heterocycles. The van der Waals surface area contributed by atoms with Crippen LogP contribution in [0.15, 0.2) is 59.7 Å². The summed E-state index contributed by atoms with van der Waals surface area (Å²) in [6.07, 6.45) is 93.8. The summed E-state index contributed by atoms with van der Waals surface area (Å²) in [6, 6.07) is 18.2. The number of unbranched alkanes of at least 4 members (excludes halogenated alkanes) is 57. The average molecular weight is 1330 g/mol. The zero-order valence-electron chi connectivity index (χ0n) is 63.9.